The molecule has 3 nitrogen and oxygen atoms in total. The van der Waals surface area contributed by atoms with Crippen molar-refractivity contribution in [1.82, 2.24) is 0 Å². The van der Waals surface area contributed by atoms with E-state index in [4.69, 9.17) is 10.00 Å². The molecule has 0 aromatic heterocycles. The number of hydrogen-bond donors (Lipinski definition) is 0. The Labute approximate surface area is 133 Å². The summed E-state index contributed by atoms with van der Waals surface area (Å²) in [6.45, 7) is 4.15. The number of esters is 1. The van der Waals surface area contributed by atoms with Gasteiger partial charge in [-0.05, 0) is 30.0 Å². The minimum Gasteiger partial charge on any atom is -0.423 e. The molecular weight excluding hydrogens is 300 g/mol. The number of nitrogens with zero attached hydrogens (tertiary/aromatic N) is 1. The van der Waals surface area contributed by atoms with Gasteiger partial charge < -0.3 is 4.74 Å². The van der Waals surface area contributed by atoms with Crippen molar-refractivity contribution in [2.24, 2.45) is 0 Å². The van der Waals surface area contributed by atoms with Crippen LogP contribution in [0.5, 0.6) is 5.75 Å². The number of ether oxygens (including phenoxy) is 1. The molecule has 0 saturated heterocycles. The number of carbonyl (C=O) groups is 1. The number of halogens is 2. The second-order valence-electron chi connectivity index (χ2n) is 5.19. The fourth-order valence-electron chi connectivity index (χ4n) is 2.07. The van der Waals surface area contributed by atoms with Crippen LogP contribution in [0.4, 0.5) is 8.78 Å². The Balaban J connectivity index is 2.18. The Bertz CT molecular complexity index is 741. The summed E-state index contributed by atoms with van der Waals surface area (Å²) in [4.78, 5) is 12.0. The van der Waals surface area contributed by atoms with E-state index < -0.39 is 23.2 Å². The van der Waals surface area contributed by atoms with Gasteiger partial charge in [-0.25, -0.2) is 13.6 Å². The van der Waals surface area contributed by atoms with Crippen LogP contribution in [-0.4, -0.2) is 5.97 Å². The fraction of sp³-hybridized carbons (Fsp3) is 0.222. The van der Waals surface area contributed by atoms with Gasteiger partial charge >= 0.3 is 5.97 Å². The number of rotatable bonds is 4. The van der Waals surface area contributed by atoms with Crippen molar-refractivity contribution in [3.63, 3.8) is 0 Å². The van der Waals surface area contributed by atoms with Crippen LogP contribution < -0.4 is 4.74 Å². The molecule has 2 aromatic rings. The van der Waals surface area contributed by atoms with Crippen LogP contribution in [0.15, 0.2) is 36.4 Å². The molecule has 0 saturated carbocycles. The first-order chi connectivity index (χ1) is 11.0. The zero-order valence-electron chi connectivity index (χ0n) is 12.8. The van der Waals surface area contributed by atoms with Crippen LogP contribution in [0.3, 0.4) is 0 Å². The van der Waals surface area contributed by atoms with Gasteiger partial charge in [-0.3, -0.25) is 0 Å². The quantitative estimate of drug-likeness (QED) is 0.613. The molecule has 0 spiro atoms. The first-order valence-corrected chi connectivity index (χ1v) is 7.17. The average Bonchev–Trinajstić information content (AvgIpc) is 2.54. The Morgan fingerprint density at radius 1 is 1.22 bits per heavy atom. The zero-order valence-corrected chi connectivity index (χ0v) is 12.8. The normalized spacial score (nSPS) is 11.6. The number of carbonyl (C=O) groups excluding carboxylic acids is 1. The standard InChI is InChI=1S/C18H15F2NO2/c1-3-11(2)12-4-6-13(7-5-12)18(22)23-14-8-16(19)15(10-21)17(20)9-14/h4-9,11H,3H2,1-2H3. The Kier molecular flexibility index (Phi) is 5.07. The highest BCUT2D eigenvalue weighted by molar-refractivity contribution is 5.91. The van der Waals surface area contributed by atoms with Crippen molar-refractivity contribution < 1.29 is 18.3 Å². The van der Waals surface area contributed by atoms with Crippen LogP contribution >= 0.6 is 0 Å². The third kappa shape index (κ3) is 3.72. The molecule has 5 heteroatoms. The van der Waals surface area contributed by atoms with Gasteiger partial charge in [0.05, 0.1) is 5.56 Å². The number of nitriles is 1. The lowest BCUT2D eigenvalue weighted by Gasteiger charge is -2.10. The van der Waals surface area contributed by atoms with Crippen molar-refractivity contribution in [3.05, 3.63) is 64.7 Å². The molecule has 0 aliphatic rings. The molecule has 0 aliphatic heterocycles. The van der Waals surface area contributed by atoms with E-state index in [1.54, 1.807) is 12.1 Å². The maximum Gasteiger partial charge on any atom is 0.343 e. The smallest absolute Gasteiger partial charge is 0.343 e. The lowest BCUT2D eigenvalue weighted by atomic mass is 9.98. The predicted octanol–water partition coefficient (Wildman–Crippen LogP) is 4.57. The molecule has 2 rings (SSSR count). The minimum atomic E-state index is -1.07. The van der Waals surface area contributed by atoms with Crippen molar-refractivity contribution in [1.29, 1.82) is 5.26 Å². The van der Waals surface area contributed by atoms with Crippen molar-refractivity contribution >= 4 is 5.97 Å². The summed E-state index contributed by atoms with van der Waals surface area (Å²) in [6, 6.07) is 9.90. The molecule has 0 N–H and O–H groups in total. The van der Waals surface area contributed by atoms with E-state index in [1.807, 2.05) is 12.1 Å². The third-order valence-corrected chi connectivity index (χ3v) is 3.67. The molecule has 0 heterocycles. The van der Waals surface area contributed by atoms with Crippen LogP contribution in [-0.2, 0) is 0 Å². The highest BCUT2D eigenvalue weighted by Crippen LogP contribution is 2.22. The van der Waals surface area contributed by atoms with Crippen molar-refractivity contribution in [2.45, 2.75) is 26.2 Å². The average molecular weight is 315 g/mol. The predicted molar refractivity (Wildman–Crippen MR) is 81.2 cm³/mol. The van der Waals surface area contributed by atoms with Gasteiger partial charge in [0.15, 0.2) is 0 Å². The maximum absolute atomic E-state index is 13.5. The van der Waals surface area contributed by atoms with E-state index in [-0.39, 0.29) is 11.3 Å². The summed E-state index contributed by atoms with van der Waals surface area (Å²) in [6.07, 6.45) is 0.980. The van der Waals surface area contributed by atoms with Gasteiger partial charge in [0.25, 0.3) is 0 Å². The molecule has 0 radical (unpaired) electrons. The first-order valence-electron chi connectivity index (χ1n) is 7.17. The summed E-state index contributed by atoms with van der Waals surface area (Å²) in [5.74, 6) is -2.76. The highest BCUT2D eigenvalue weighted by atomic mass is 19.1. The molecular formula is C18H15F2NO2. The van der Waals surface area contributed by atoms with Gasteiger partial charge in [-0.1, -0.05) is 26.0 Å². The van der Waals surface area contributed by atoms with E-state index in [0.29, 0.717) is 5.92 Å². The van der Waals surface area contributed by atoms with Crippen molar-refractivity contribution in [3.8, 4) is 11.8 Å². The monoisotopic (exact) mass is 315 g/mol. The molecule has 0 aliphatic carbocycles. The molecule has 0 amide bonds. The molecule has 1 unspecified atom stereocenters. The van der Waals surface area contributed by atoms with Gasteiger partial charge in [0.2, 0.25) is 0 Å². The molecule has 2 aromatic carbocycles. The molecule has 1 atom stereocenters. The summed E-state index contributed by atoms with van der Waals surface area (Å²) in [5, 5.41) is 8.60. The van der Waals surface area contributed by atoms with Crippen LogP contribution in [0.25, 0.3) is 0 Å². The van der Waals surface area contributed by atoms with Crippen LogP contribution in [0, 0.1) is 23.0 Å². The second kappa shape index (κ2) is 7.01. The Morgan fingerprint density at radius 2 is 1.78 bits per heavy atom. The topological polar surface area (TPSA) is 50.1 Å². The number of benzene rings is 2. The van der Waals surface area contributed by atoms with E-state index in [9.17, 15) is 13.6 Å². The SMILES string of the molecule is CCC(C)c1ccc(C(=O)Oc2cc(F)c(C#N)c(F)c2)cc1. The summed E-state index contributed by atoms with van der Waals surface area (Å²) in [5.41, 5.74) is 0.671. The van der Waals surface area contributed by atoms with Crippen LogP contribution in [0.2, 0.25) is 0 Å². The first kappa shape index (κ1) is 16.6. The van der Waals surface area contributed by atoms with Crippen LogP contribution in [0.1, 0.15) is 47.7 Å². The van der Waals surface area contributed by atoms with Gasteiger partial charge in [0, 0.05) is 12.1 Å². The lowest BCUT2D eigenvalue weighted by molar-refractivity contribution is 0.0734. The minimum absolute atomic E-state index is 0.280. The highest BCUT2D eigenvalue weighted by Gasteiger charge is 2.15. The maximum atomic E-state index is 13.5. The van der Waals surface area contributed by atoms with Gasteiger partial charge in [-0.2, -0.15) is 5.26 Å². The van der Waals surface area contributed by atoms with Gasteiger partial charge in [0.1, 0.15) is 29.0 Å². The second-order valence-corrected chi connectivity index (χ2v) is 5.19. The molecule has 0 bridgehead atoms. The van der Waals surface area contributed by atoms with Crippen molar-refractivity contribution in [2.75, 3.05) is 0 Å². The van der Waals surface area contributed by atoms with E-state index >= 15 is 0 Å². The summed E-state index contributed by atoms with van der Waals surface area (Å²) < 4.78 is 31.9. The van der Waals surface area contributed by atoms with Gasteiger partial charge in [-0.15, -0.1) is 0 Å². The number of hydrogen-bond acceptors (Lipinski definition) is 3. The Hall–Kier alpha value is -2.74. The fourth-order valence-corrected chi connectivity index (χ4v) is 2.07. The lowest BCUT2D eigenvalue weighted by Crippen LogP contribution is -2.09. The molecule has 0 fully saturated rings. The summed E-state index contributed by atoms with van der Waals surface area (Å²) >= 11 is 0. The van der Waals surface area contributed by atoms with E-state index in [1.165, 1.54) is 6.07 Å². The Morgan fingerprint density at radius 3 is 2.26 bits per heavy atom. The largest absolute Gasteiger partial charge is 0.423 e. The van der Waals surface area contributed by atoms with E-state index in [2.05, 4.69) is 13.8 Å². The molecule has 23 heavy (non-hydrogen) atoms. The summed E-state index contributed by atoms with van der Waals surface area (Å²) in [7, 11) is 0. The third-order valence-electron chi connectivity index (χ3n) is 3.67. The van der Waals surface area contributed by atoms with E-state index in [0.717, 1.165) is 24.1 Å². The zero-order chi connectivity index (χ0) is 17.0. The molecule has 118 valence electrons.